The second-order valence-electron chi connectivity index (χ2n) is 13.0. The van der Waals surface area contributed by atoms with E-state index in [-0.39, 0.29) is 11.8 Å². The normalized spacial score (nSPS) is 20.3. The zero-order chi connectivity index (χ0) is 29.9. The van der Waals surface area contributed by atoms with Crippen molar-refractivity contribution in [3.63, 3.8) is 0 Å². The molecule has 1 rings (SSSR count). The zero-order valence-corrected chi connectivity index (χ0v) is 27.3. The Morgan fingerprint density at radius 3 is 2.27 bits per heavy atom. The maximum atomic E-state index is 10.9. The third-order valence-corrected chi connectivity index (χ3v) is 9.04. The SMILES string of the molecule is CCCCCCCCOC1=C(C)C(C)C(O)C=C1CCC(C)CCCC(C)CC/C=C(\C)CCCC(C)C(=O)O. The van der Waals surface area contributed by atoms with Crippen LogP contribution < -0.4 is 0 Å². The average Bonchev–Trinajstić information content (AvgIpc) is 2.91. The Hall–Kier alpha value is -1.55. The molecule has 0 aliphatic heterocycles. The molecule has 0 amide bonds. The first-order valence-electron chi connectivity index (χ1n) is 16.7. The van der Waals surface area contributed by atoms with E-state index in [0.29, 0.717) is 5.92 Å². The maximum absolute atomic E-state index is 10.9. The van der Waals surface area contributed by atoms with Crippen molar-refractivity contribution < 1.29 is 19.7 Å². The summed E-state index contributed by atoms with van der Waals surface area (Å²) >= 11 is 0. The lowest BCUT2D eigenvalue weighted by Crippen LogP contribution is -2.23. The number of hydrogen-bond acceptors (Lipinski definition) is 3. The summed E-state index contributed by atoms with van der Waals surface area (Å²) in [6, 6.07) is 0. The Morgan fingerprint density at radius 2 is 1.60 bits per heavy atom. The Kier molecular flexibility index (Phi) is 19.3. The number of rotatable bonds is 23. The van der Waals surface area contributed by atoms with Gasteiger partial charge in [0.25, 0.3) is 0 Å². The van der Waals surface area contributed by atoms with E-state index >= 15 is 0 Å². The molecule has 5 unspecified atom stereocenters. The van der Waals surface area contributed by atoms with Gasteiger partial charge < -0.3 is 14.9 Å². The van der Waals surface area contributed by atoms with Crippen molar-refractivity contribution in [3.8, 4) is 0 Å². The summed E-state index contributed by atoms with van der Waals surface area (Å²) < 4.78 is 6.35. The number of carboxylic acid groups (broad SMARTS) is 1. The molecule has 232 valence electrons. The van der Waals surface area contributed by atoms with E-state index in [1.54, 1.807) is 6.92 Å². The largest absolute Gasteiger partial charge is 0.493 e. The molecule has 0 fully saturated rings. The summed E-state index contributed by atoms with van der Waals surface area (Å²) in [7, 11) is 0. The standard InChI is InChI=1S/C36H64O4/c1-8-9-10-11-12-13-25-40-35-32(7)31(6)34(37)26-33(35)24-23-29(4)20-15-19-27(2)17-14-18-28(3)21-16-22-30(5)36(38)39/h18,26-27,29-31,34,37H,8-17,19-25H2,1-7H3,(H,38,39)/b28-18+. The monoisotopic (exact) mass is 560 g/mol. The molecule has 1 aliphatic rings. The number of carbonyl (C=O) groups is 1. The van der Waals surface area contributed by atoms with Gasteiger partial charge in [-0.3, -0.25) is 4.79 Å². The van der Waals surface area contributed by atoms with Crippen LogP contribution in [0.15, 0.2) is 34.6 Å². The number of unbranched alkanes of at least 4 members (excludes halogenated alkanes) is 5. The predicted octanol–water partition coefficient (Wildman–Crippen LogP) is 10.4. The molecular formula is C36H64O4. The number of ether oxygens (including phenoxy) is 1. The Bertz CT molecular complexity index is 793. The molecule has 4 heteroatoms. The van der Waals surface area contributed by atoms with Gasteiger partial charge in [-0.15, -0.1) is 0 Å². The highest BCUT2D eigenvalue weighted by Crippen LogP contribution is 2.34. The summed E-state index contributed by atoms with van der Waals surface area (Å²) in [6.07, 6.45) is 22.6. The van der Waals surface area contributed by atoms with Crippen molar-refractivity contribution in [3.05, 3.63) is 34.6 Å². The summed E-state index contributed by atoms with van der Waals surface area (Å²) in [5, 5.41) is 19.6. The third kappa shape index (κ3) is 15.5. The van der Waals surface area contributed by atoms with Crippen molar-refractivity contribution in [2.75, 3.05) is 6.61 Å². The van der Waals surface area contributed by atoms with Gasteiger partial charge in [-0.1, -0.05) is 97.6 Å². The minimum Gasteiger partial charge on any atom is -0.493 e. The molecule has 5 atom stereocenters. The Morgan fingerprint density at radius 1 is 0.950 bits per heavy atom. The third-order valence-electron chi connectivity index (χ3n) is 9.04. The molecule has 0 aromatic carbocycles. The van der Waals surface area contributed by atoms with Gasteiger partial charge in [0.15, 0.2) is 0 Å². The van der Waals surface area contributed by atoms with Crippen LogP contribution in [0.2, 0.25) is 0 Å². The van der Waals surface area contributed by atoms with Crippen molar-refractivity contribution >= 4 is 5.97 Å². The number of hydrogen-bond donors (Lipinski definition) is 2. The van der Waals surface area contributed by atoms with Gasteiger partial charge in [-0.2, -0.15) is 0 Å². The van der Waals surface area contributed by atoms with E-state index in [9.17, 15) is 9.90 Å². The highest BCUT2D eigenvalue weighted by atomic mass is 16.5. The van der Waals surface area contributed by atoms with Crippen molar-refractivity contribution in [2.45, 2.75) is 157 Å². The lowest BCUT2D eigenvalue weighted by Gasteiger charge is -2.29. The van der Waals surface area contributed by atoms with E-state index in [0.717, 1.165) is 63.2 Å². The first-order valence-corrected chi connectivity index (χ1v) is 16.7. The molecule has 0 saturated heterocycles. The molecule has 0 radical (unpaired) electrons. The molecule has 0 aromatic heterocycles. The van der Waals surface area contributed by atoms with E-state index in [1.807, 2.05) is 0 Å². The smallest absolute Gasteiger partial charge is 0.306 e. The molecule has 0 spiro atoms. The molecule has 0 saturated carbocycles. The van der Waals surface area contributed by atoms with Crippen LogP contribution in [0.25, 0.3) is 0 Å². The fraction of sp³-hybridized carbons (Fsp3) is 0.806. The fourth-order valence-electron chi connectivity index (χ4n) is 5.63. The van der Waals surface area contributed by atoms with Crippen LogP contribution in [-0.4, -0.2) is 28.9 Å². The van der Waals surface area contributed by atoms with Crippen molar-refractivity contribution in [1.82, 2.24) is 0 Å². The van der Waals surface area contributed by atoms with Crippen LogP contribution in [0, 0.1) is 23.7 Å². The summed E-state index contributed by atoms with van der Waals surface area (Å²) in [5.41, 5.74) is 3.82. The van der Waals surface area contributed by atoms with Crippen molar-refractivity contribution in [2.24, 2.45) is 23.7 Å². The molecule has 0 bridgehead atoms. The predicted molar refractivity (Wildman–Crippen MR) is 170 cm³/mol. The van der Waals surface area contributed by atoms with Crippen LogP contribution in [-0.2, 0) is 9.53 Å². The van der Waals surface area contributed by atoms with Gasteiger partial charge in [0.2, 0.25) is 0 Å². The Balaban J connectivity index is 2.34. The minimum atomic E-state index is -0.686. The van der Waals surface area contributed by atoms with Crippen molar-refractivity contribution in [1.29, 1.82) is 0 Å². The fourth-order valence-corrected chi connectivity index (χ4v) is 5.63. The lowest BCUT2D eigenvalue weighted by molar-refractivity contribution is -0.141. The highest BCUT2D eigenvalue weighted by Gasteiger charge is 2.26. The molecular weight excluding hydrogens is 496 g/mol. The first kappa shape index (κ1) is 36.5. The van der Waals surface area contributed by atoms with Gasteiger partial charge in [0.05, 0.1) is 18.6 Å². The summed E-state index contributed by atoms with van der Waals surface area (Å²) in [6.45, 7) is 16.0. The second kappa shape index (κ2) is 21.2. The van der Waals surface area contributed by atoms with E-state index in [2.05, 4.69) is 53.7 Å². The number of aliphatic hydroxyl groups excluding tert-OH is 1. The zero-order valence-electron chi connectivity index (χ0n) is 27.3. The molecule has 0 heterocycles. The minimum absolute atomic E-state index is 0.126. The Labute approximate surface area is 247 Å². The van der Waals surface area contributed by atoms with Crippen LogP contribution in [0.1, 0.15) is 151 Å². The quantitative estimate of drug-likeness (QED) is 0.0963. The summed E-state index contributed by atoms with van der Waals surface area (Å²) in [4.78, 5) is 10.9. The lowest BCUT2D eigenvalue weighted by atomic mass is 9.84. The molecule has 0 aromatic rings. The molecule has 2 N–H and O–H groups in total. The van der Waals surface area contributed by atoms with E-state index < -0.39 is 12.1 Å². The van der Waals surface area contributed by atoms with Crippen LogP contribution >= 0.6 is 0 Å². The first-order chi connectivity index (χ1) is 19.1. The molecule has 1 aliphatic carbocycles. The average molecular weight is 561 g/mol. The second-order valence-corrected chi connectivity index (χ2v) is 13.0. The number of aliphatic hydroxyl groups is 1. The van der Waals surface area contributed by atoms with Gasteiger partial charge in [-0.05, 0) is 94.3 Å². The number of aliphatic carboxylic acids is 1. The topological polar surface area (TPSA) is 66.8 Å². The van der Waals surface area contributed by atoms with Gasteiger partial charge >= 0.3 is 5.97 Å². The van der Waals surface area contributed by atoms with Gasteiger partial charge in [-0.25, -0.2) is 0 Å². The van der Waals surface area contributed by atoms with Gasteiger partial charge in [0, 0.05) is 5.92 Å². The number of carboxylic acids is 1. The molecule has 40 heavy (non-hydrogen) atoms. The van der Waals surface area contributed by atoms with Gasteiger partial charge in [0.1, 0.15) is 5.76 Å². The highest BCUT2D eigenvalue weighted by molar-refractivity contribution is 5.69. The number of allylic oxidation sites excluding steroid dienone is 3. The van der Waals surface area contributed by atoms with E-state index in [4.69, 9.17) is 9.84 Å². The maximum Gasteiger partial charge on any atom is 0.306 e. The van der Waals surface area contributed by atoms with Crippen LogP contribution in [0.5, 0.6) is 0 Å². The summed E-state index contributed by atoms with van der Waals surface area (Å²) in [5.74, 6) is 1.66. The van der Waals surface area contributed by atoms with Crippen LogP contribution in [0.3, 0.4) is 0 Å². The molecule has 4 nitrogen and oxygen atoms in total. The van der Waals surface area contributed by atoms with Crippen LogP contribution in [0.4, 0.5) is 0 Å². The van der Waals surface area contributed by atoms with E-state index in [1.165, 1.54) is 74.5 Å².